The molecule has 1 amide bonds. The Labute approximate surface area is 144 Å². The average molecular weight is 339 g/mol. The molecule has 122 valence electrons. The van der Waals surface area contributed by atoms with E-state index in [0.29, 0.717) is 17.3 Å². The third kappa shape index (κ3) is 3.83. The smallest absolute Gasteiger partial charge is 0.248 e. The normalized spacial score (nSPS) is 12.0. The van der Waals surface area contributed by atoms with Gasteiger partial charge in [0.15, 0.2) is 0 Å². The van der Waals surface area contributed by atoms with Crippen LogP contribution in [-0.4, -0.2) is 16.0 Å². The summed E-state index contributed by atoms with van der Waals surface area (Å²) in [6, 6.07) is 17.0. The van der Waals surface area contributed by atoms with E-state index in [0.717, 1.165) is 16.9 Å². The fraction of sp³-hybridized carbons (Fsp3) is 0.167. The van der Waals surface area contributed by atoms with Crippen molar-refractivity contribution >= 4 is 17.7 Å². The van der Waals surface area contributed by atoms with Crippen molar-refractivity contribution in [1.82, 2.24) is 10.1 Å². The summed E-state index contributed by atoms with van der Waals surface area (Å²) in [6.45, 7) is 2.03. The molecular weight excluding hydrogens is 322 g/mol. The number of hydrogen-bond acceptors (Lipinski definition) is 5. The van der Waals surface area contributed by atoms with E-state index in [9.17, 15) is 4.79 Å². The first-order valence-corrected chi connectivity index (χ1v) is 8.58. The highest BCUT2D eigenvalue weighted by Gasteiger charge is 2.15. The topological polar surface area (TPSA) is 82.0 Å². The molecule has 0 aliphatic heterocycles. The number of rotatable bonds is 6. The van der Waals surface area contributed by atoms with Crippen molar-refractivity contribution in [3.8, 4) is 11.4 Å². The van der Waals surface area contributed by atoms with Crippen molar-refractivity contribution in [1.29, 1.82) is 0 Å². The number of carbonyl (C=O) groups is 1. The van der Waals surface area contributed by atoms with Crippen molar-refractivity contribution < 1.29 is 9.32 Å². The Balaban J connectivity index is 1.62. The quantitative estimate of drug-likeness (QED) is 0.738. The molecule has 0 unspecified atom stereocenters. The van der Waals surface area contributed by atoms with Crippen molar-refractivity contribution in [3.05, 3.63) is 71.6 Å². The lowest BCUT2D eigenvalue weighted by Gasteiger charge is -2.06. The van der Waals surface area contributed by atoms with Gasteiger partial charge in [-0.2, -0.15) is 4.98 Å². The van der Waals surface area contributed by atoms with Gasteiger partial charge in [0.2, 0.25) is 17.6 Å². The van der Waals surface area contributed by atoms with Gasteiger partial charge < -0.3 is 10.3 Å². The molecule has 0 saturated heterocycles. The molecule has 0 bridgehead atoms. The number of carbonyl (C=O) groups excluding carboxylic acids is 1. The van der Waals surface area contributed by atoms with Crippen LogP contribution >= 0.6 is 11.8 Å². The minimum absolute atomic E-state index is 0.0748. The second-order valence-electron chi connectivity index (χ2n) is 5.34. The number of primary amides is 1. The lowest BCUT2D eigenvalue weighted by molar-refractivity contribution is 0.100. The van der Waals surface area contributed by atoms with Crippen molar-refractivity contribution in [3.63, 3.8) is 0 Å². The van der Waals surface area contributed by atoms with E-state index < -0.39 is 5.91 Å². The molecule has 1 heterocycles. The monoisotopic (exact) mass is 339 g/mol. The molecule has 24 heavy (non-hydrogen) atoms. The highest BCUT2D eigenvalue weighted by molar-refractivity contribution is 7.98. The summed E-state index contributed by atoms with van der Waals surface area (Å²) in [5.41, 5.74) is 7.80. The summed E-state index contributed by atoms with van der Waals surface area (Å²) in [4.78, 5) is 15.5. The van der Waals surface area contributed by atoms with Gasteiger partial charge in [-0.05, 0) is 24.6 Å². The maximum absolute atomic E-state index is 11.1. The summed E-state index contributed by atoms with van der Waals surface area (Å²) in [6.07, 6.45) is 0. The summed E-state index contributed by atoms with van der Waals surface area (Å²) >= 11 is 1.69. The number of thioether (sulfide) groups is 1. The van der Waals surface area contributed by atoms with Crippen LogP contribution in [0.15, 0.2) is 59.1 Å². The van der Waals surface area contributed by atoms with Gasteiger partial charge in [0.25, 0.3) is 0 Å². The molecule has 5 nitrogen and oxygen atoms in total. The SMILES string of the molecule is C[C@H](SCc1ccc(C(N)=O)cc1)c1nc(-c2ccccc2)no1. The minimum Gasteiger partial charge on any atom is -0.366 e. The van der Waals surface area contributed by atoms with E-state index in [1.807, 2.05) is 49.4 Å². The van der Waals surface area contributed by atoms with Crippen LogP contribution in [0.5, 0.6) is 0 Å². The van der Waals surface area contributed by atoms with E-state index in [-0.39, 0.29) is 5.25 Å². The molecule has 2 aromatic carbocycles. The largest absolute Gasteiger partial charge is 0.366 e. The second-order valence-corrected chi connectivity index (χ2v) is 6.67. The van der Waals surface area contributed by atoms with Gasteiger partial charge in [-0.15, -0.1) is 11.8 Å². The average Bonchev–Trinajstić information content (AvgIpc) is 3.11. The molecule has 0 spiro atoms. The predicted molar refractivity (Wildman–Crippen MR) is 94.4 cm³/mol. The Morgan fingerprint density at radius 2 is 1.88 bits per heavy atom. The molecule has 3 rings (SSSR count). The maximum atomic E-state index is 11.1. The Morgan fingerprint density at radius 1 is 1.17 bits per heavy atom. The second kappa shape index (κ2) is 7.31. The zero-order chi connectivity index (χ0) is 16.9. The third-order valence-electron chi connectivity index (χ3n) is 3.56. The molecule has 1 atom stereocenters. The van der Waals surface area contributed by atoms with Gasteiger partial charge in [0.05, 0.1) is 5.25 Å². The Bertz CT molecular complexity index is 816. The fourth-order valence-electron chi connectivity index (χ4n) is 2.16. The van der Waals surface area contributed by atoms with Gasteiger partial charge in [0.1, 0.15) is 0 Å². The van der Waals surface area contributed by atoms with Crippen LogP contribution in [0.2, 0.25) is 0 Å². The van der Waals surface area contributed by atoms with Gasteiger partial charge in [-0.3, -0.25) is 4.79 Å². The van der Waals surface area contributed by atoms with Crippen LogP contribution in [-0.2, 0) is 5.75 Å². The Hall–Kier alpha value is -2.60. The first-order valence-electron chi connectivity index (χ1n) is 7.53. The Kier molecular flexibility index (Phi) is 4.96. The van der Waals surface area contributed by atoms with Gasteiger partial charge in [-0.25, -0.2) is 0 Å². The van der Waals surface area contributed by atoms with Crippen molar-refractivity contribution in [2.24, 2.45) is 5.73 Å². The summed E-state index contributed by atoms with van der Waals surface area (Å²) in [5.74, 6) is 1.57. The van der Waals surface area contributed by atoms with Gasteiger partial charge in [0, 0.05) is 16.9 Å². The van der Waals surface area contributed by atoms with Crippen molar-refractivity contribution in [2.75, 3.05) is 0 Å². The lowest BCUT2D eigenvalue weighted by Crippen LogP contribution is -2.10. The molecule has 0 radical (unpaired) electrons. The molecule has 0 aliphatic carbocycles. The number of nitrogens with zero attached hydrogens (tertiary/aromatic N) is 2. The van der Waals surface area contributed by atoms with Gasteiger partial charge >= 0.3 is 0 Å². The van der Waals surface area contributed by atoms with Crippen LogP contribution < -0.4 is 5.73 Å². The van der Waals surface area contributed by atoms with Crippen molar-refractivity contribution in [2.45, 2.75) is 17.9 Å². The summed E-state index contributed by atoms with van der Waals surface area (Å²) in [5, 5.41) is 4.12. The molecule has 1 aromatic heterocycles. The van der Waals surface area contributed by atoms with E-state index in [2.05, 4.69) is 10.1 Å². The fourth-order valence-corrected chi connectivity index (χ4v) is 3.04. The predicted octanol–water partition coefficient (Wildman–Crippen LogP) is 3.83. The van der Waals surface area contributed by atoms with E-state index >= 15 is 0 Å². The van der Waals surface area contributed by atoms with E-state index in [4.69, 9.17) is 10.3 Å². The van der Waals surface area contributed by atoms with E-state index in [1.54, 1.807) is 23.9 Å². The first kappa shape index (κ1) is 16.3. The van der Waals surface area contributed by atoms with Gasteiger partial charge in [-0.1, -0.05) is 47.6 Å². The third-order valence-corrected chi connectivity index (χ3v) is 4.76. The number of aromatic nitrogens is 2. The Morgan fingerprint density at radius 3 is 2.54 bits per heavy atom. The standard InChI is InChI=1S/C18H17N3O2S/c1-12(24-11-13-7-9-14(10-8-13)16(19)22)18-20-17(21-23-18)15-5-3-2-4-6-15/h2-10,12H,11H2,1H3,(H2,19,22)/t12-/m0/s1. The highest BCUT2D eigenvalue weighted by Crippen LogP contribution is 2.31. The highest BCUT2D eigenvalue weighted by atomic mass is 32.2. The molecular formula is C18H17N3O2S. The van der Waals surface area contributed by atoms with Crippen LogP contribution in [0.4, 0.5) is 0 Å². The molecule has 3 aromatic rings. The first-order chi connectivity index (χ1) is 11.6. The summed E-state index contributed by atoms with van der Waals surface area (Å²) in [7, 11) is 0. The number of nitrogens with two attached hydrogens (primary N) is 1. The zero-order valence-corrected chi connectivity index (χ0v) is 14.0. The maximum Gasteiger partial charge on any atom is 0.248 e. The van der Waals surface area contributed by atoms with Crippen LogP contribution in [0.3, 0.4) is 0 Å². The summed E-state index contributed by atoms with van der Waals surface area (Å²) < 4.78 is 5.38. The zero-order valence-electron chi connectivity index (χ0n) is 13.2. The molecule has 0 saturated carbocycles. The molecule has 6 heteroatoms. The minimum atomic E-state index is -0.415. The molecule has 0 aliphatic rings. The van der Waals surface area contributed by atoms with E-state index in [1.165, 1.54) is 0 Å². The number of hydrogen-bond donors (Lipinski definition) is 1. The molecule has 0 fully saturated rings. The van der Waals surface area contributed by atoms with Crippen LogP contribution in [0.1, 0.15) is 34.0 Å². The number of benzene rings is 2. The number of amides is 1. The lowest BCUT2D eigenvalue weighted by atomic mass is 10.1. The van der Waals surface area contributed by atoms with Crippen LogP contribution in [0, 0.1) is 0 Å². The van der Waals surface area contributed by atoms with Crippen LogP contribution in [0.25, 0.3) is 11.4 Å². The molecule has 2 N–H and O–H groups in total.